The first-order chi connectivity index (χ1) is 15.8. The highest BCUT2D eigenvalue weighted by atomic mass is 79.9. The van der Waals surface area contributed by atoms with Crippen molar-refractivity contribution in [2.24, 2.45) is 0 Å². The smallest absolute Gasteiger partial charge is 0.0541 e. The number of hydrogen-bond donors (Lipinski definition) is 0. The second-order valence-corrected chi connectivity index (χ2v) is 8.92. The lowest BCUT2D eigenvalue weighted by molar-refractivity contribution is 1.18. The molecular weight excluding hydrogens is 454 g/mol. The van der Waals surface area contributed by atoms with Crippen molar-refractivity contribution in [3.05, 3.63) is 126 Å². The van der Waals surface area contributed by atoms with Crippen LogP contribution >= 0.6 is 15.9 Å². The molecule has 0 atom stereocenters. The van der Waals surface area contributed by atoms with Gasteiger partial charge in [0.25, 0.3) is 0 Å². The third-order valence-electron chi connectivity index (χ3n) is 6.06. The summed E-state index contributed by atoms with van der Waals surface area (Å²) < 4.78 is 3.45. The molecule has 0 aliphatic carbocycles. The minimum Gasteiger partial charge on any atom is -0.309 e. The number of rotatable bonds is 3. The predicted octanol–water partition coefficient (Wildman–Crippen LogP) is 8.88. The van der Waals surface area contributed by atoms with E-state index in [-0.39, 0.29) is 0 Å². The molecule has 0 saturated heterocycles. The highest BCUT2D eigenvalue weighted by Gasteiger charge is 2.12. The maximum absolute atomic E-state index is 3.63. The SMILES string of the molecule is Brc1ccc2c(c1)c1ccccc1n2-c1ccc(-c2cccc(-c3ccccc3)c2)cc1. The summed E-state index contributed by atoms with van der Waals surface area (Å²) in [5.41, 5.74) is 8.52. The zero-order valence-electron chi connectivity index (χ0n) is 17.4. The minimum atomic E-state index is 1.10. The molecule has 0 spiro atoms. The van der Waals surface area contributed by atoms with Gasteiger partial charge in [-0.1, -0.05) is 94.8 Å². The fourth-order valence-electron chi connectivity index (χ4n) is 4.54. The van der Waals surface area contributed by atoms with Gasteiger partial charge < -0.3 is 4.57 Å². The molecule has 2 heteroatoms. The van der Waals surface area contributed by atoms with Crippen molar-refractivity contribution >= 4 is 37.7 Å². The zero-order valence-corrected chi connectivity index (χ0v) is 19.0. The van der Waals surface area contributed by atoms with Gasteiger partial charge in [-0.15, -0.1) is 0 Å². The Hall–Kier alpha value is -3.62. The van der Waals surface area contributed by atoms with Gasteiger partial charge in [0.1, 0.15) is 0 Å². The van der Waals surface area contributed by atoms with Gasteiger partial charge in [-0.3, -0.25) is 0 Å². The quantitative estimate of drug-likeness (QED) is 0.241. The Labute approximate surface area is 195 Å². The van der Waals surface area contributed by atoms with E-state index in [4.69, 9.17) is 0 Å². The molecule has 0 saturated carbocycles. The van der Waals surface area contributed by atoms with Crippen molar-refractivity contribution < 1.29 is 0 Å². The average Bonchev–Trinajstić information content (AvgIpc) is 3.18. The highest BCUT2D eigenvalue weighted by molar-refractivity contribution is 9.10. The molecule has 1 aromatic heterocycles. The van der Waals surface area contributed by atoms with Crippen LogP contribution in [0.1, 0.15) is 0 Å². The summed E-state index contributed by atoms with van der Waals surface area (Å²) in [5.74, 6) is 0. The summed E-state index contributed by atoms with van der Waals surface area (Å²) >= 11 is 3.63. The summed E-state index contributed by atoms with van der Waals surface area (Å²) in [4.78, 5) is 0. The van der Waals surface area contributed by atoms with Crippen LogP contribution in [0.2, 0.25) is 0 Å². The lowest BCUT2D eigenvalue weighted by atomic mass is 9.99. The van der Waals surface area contributed by atoms with Crippen LogP contribution in [-0.4, -0.2) is 4.57 Å². The average molecular weight is 474 g/mol. The third kappa shape index (κ3) is 3.24. The number of hydrogen-bond acceptors (Lipinski definition) is 0. The van der Waals surface area contributed by atoms with Gasteiger partial charge in [-0.25, -0.2) is 0 Å². The molecule has 0 aliphatic rings. The number of benzene rings is 5. The summed E-state index contributed by atoms with van der Waals surface area (Å²) in [7, 11) is 0. The fraction of sp³-hybridized carbons (Fsp3) is 0. The van der Waals surface area contributed by atoms with Crippen molar-refractivity contribution in [3.8, 4) is 27.9 Å². The summed E-state index contributed by atoms with van der Waals surface area (Å²) in [6.07, 6.45) is 0. The lowest BCUT2D eigenvalue weighted by Gasteiger charge is -2.10. The van der Waals surface area contributed by atoms with E-state index in [0.29, 0.717) is 0 Å². The predicted molar refractivity (Wildman–Crippen MR) is 139 cm³/mol. The van der Waals surface area contributed by atoms with Crippen LogP contribution < -0.4 is 0 Å². The van der Waals surface area contributed by atoms with Gasteiger partial charge >= 0.3 is 0 Å². The number of fused-ring (bicyclic) bond motifs is 3. The standard InChI is InChI=1S/C30H20BrN/c31-25-15-18-30-28(20-25)27-11-4-5-12-29(27)32(30)26-16-13-22(14-17-26)24-10-6-9-23(19-24)21-7-2-1-3-8-21/h1-20H. The molecule has 6 rings (SSSR count). The van der Waals surface area contributed by atoms with Crippen molar-refractivity contribution in [3.63, 3.8) is 0 Å². The molecule has 0 unspecified atom stereocenters. The Kier molecular flexibility index (Phi) is 4.66. The maximum Gasteiger partial charge on any atom is 0.0541 e. The molecule has 32 heavy (non-hydrogen) atoms. The molecule has 1 heterocycles. The number of halogens is 1. The van der Waals surface area contributed by atoms with E-state index in [1.54, 1.807) is 0 Å². The summed E-state index contributed by atoms with van der Waals surface area (Å²) in [6, 6.07) is 43.3. The summed E-state index contributed by atoms with van der Waals surface area (Å²) in [5, 5.41) is 2.53. The lowest BCUT2D eigenvalue weighted by Crippen LogP contribution is -1.93. The van der Waals surface area contributed by atoms with E-state index in [1.807, 2.05) is 0 Å². The van der Waals surface area contributed by atoms with E-state index in [0.717, 1.165) is 4.47 Å². The molecular formula is C30H20BrN. The van der Waals surface area contributed by atoms with E-state index >= 15 is 0 Å². The number of nitrogens with zero attached hydrogens (tertiary/aromatic N) is 1. The third-order valence-corrected chi connectivity index (χ3v) is 6.56. The molecule has 0 amide bonds. The molecule has 0 radical (unpaired) electrons. The first-order valence-corrected chi connectivity index (χ1v) is 11.5. The Morgan fingerprint density at radius 3 is 1.84 bits per heavy atom. The van der Waals surface area contributed by atoms with Crippen molar-refractivity contribution in [2.45, 2.75) is 0 Å². The Bertz CT molecular complexity index is 1560. The zero-order chi connectivity index (χ0) is 21.5. The van der Waals surface area contributed by atoms with Gasteiger partial charge in [0.05, 0.1) is 11.0 Å². The van der Waals surface area contributed by atoms with Gasteiger partial charge in [-0.05, 0) is 64.7 Å². The van der Waals surface area contributed by atoms with Crippen LogP contribution in [0.3, 0.4) is 0 Å². The molecule has 0 bridgehead atoms. The van der Waals surface area contributed by atoms with Crippen LogP contribution in [0.4, 0.5) is 0 Å². The van der Waals surface area contributed by atoms with Crippen LogP contribution in [-0.2, 0) is 0 Å². The number of para-hydroxylation sites is 1. The van der Waals surface area contributed by atoms with E-state index in [9.17, 15) is 0 Å². The van der Waals surface area contributed by atoms with Crippen LogP contribution in [0, 0.1) is 0 Å². The summed E-state index contributed by atoms with van der Waals surface area (Å²) in [6.45, 7) is 0. The topological polar surface area (TPSA) is 4.93 Å². The first kappa shape index (κ1) is 19.1. The molecule has 152 valence electrons. The van der Waals surface area contributed by atoms with E-state index in [1.165, 1.54) is 49.7 Å². The minimum absolute atomic E-state index is 1.10. The van der Waals surface area contributed by atoms with Gasteiger partial charge in [0, 0.05) is 20.9 Å². The normalized spacial score (nSPS) is 11.3. The molecule has 6 aromatic rings. The van der Waals surface area contributed by atoms with E-state index < -0.39 is 0 Å². The molecule has 1 nitrogen and oxygen atoms in total. The van der Waals surface area contributed by atoms with Crippen LogP contribution in [0.5, 0.6) is 0 Å². The monoisotopic (exact) mass is 473 g/mol. The fourth-order valence-corrected chi connectivity index (χ4v) is 4.90. The molecule has 0 aliphatic heterocycles. The second-order valence-electron chi connectivity index (χ2n) is 8.01. The van der Waals surface area contributed by atoms with Gasteiger partial charge in [0.2, 0.25) is 0 Å². The Balaban J connectivity index is 1.45. The maximum atomic E-state index is 3.63. The van der Waals surface area contributed by atoms with Crippen LogP contribution in [0.25, 0.3) is 49.7 Å². The van der Waals surface area contributed by atoms with Crippen molar-refractivity contribution in [1.29, 1.82) is 0 Å². The second kappa shape index (κ2) is 7.81. The van der Waals surface area contributed by atoms with Crippen molar-refractivity contribution in [1.82, 2.24) is 4.57 Å². The largest absolute Gasteiger partial charge is 0.309 e. The van der Waals surface area contributed by atoms with Gasteiger partial charge in [0.15, 0.2) is 0 Å². The highest BCUT2D eigenvalue weighted by Crippen LogP contribution is 2.34. The van der Waals surface area contributed by atoms with Gasteiger partial charge in [-0.2, -0.15) is 0 Å². The first-order valence-electron chi connectivity index (χ1n) is 10.7. The van der Waals surface area contributed by atoms with E-state index in [2.05, 4.69) is 142 Å². The Morgan fingerprint density at radius 2 is 1.06 bits per heavy atom. The van der Waals surface area contributed by atoms with Crippen LogP contribution in [0.15, 0.2) is 126 Å². The molecule has 5 aromatic carbocycles. The van der Waals surface area contributed by atoms with Crippen molar-refractivity contribution in [2.75, 3.05) is 0 Å². The molecule has 0 fully saturated rings. The number of aromatic nitrogens is 1. The molecule has 0 N–H and O–H groups in total. The Morgan fingerprint density at radius 1 is 0.438 bits per heavy atom.